The van der Waals surface area contributed by atoms with Crippen LogP contribution >= 0.6 is 15.9 Å². The number of carbonyl (C=O) groups is 1. The van der Waals surface area contributed by atoms with Crippen molar-refractivity contribution in [2.24, 2.45) is 7.05 Å². The first kappa shape index (κ1) is 11.0. The molecule has 0 spiro atoms. The summed E-state index contributed by atoms with van der Waals surface area (Å²) in [5, 5.41) is 2.76. The Morgan fingerprint density at radius 3 is 2.64 bits per heavy atom. The predicted molar refractivity (Wildman–Crippen MR) is 58.0 cm³/mol. The maximum atomic E-state index is 11.3. The average molecular weight is 259 g/mol. The Balaban J connectivity index is 2.82. The molecule has 14 heavy (non-hydrogen) atoms. The van der Waals surface area contributed by atoms with Gasteiger partial charge in [0, 0.05) is 14.1 Å². The maximum Gasteiger partial charge on any atom is 0.321 e. The maximum absolute atomic E-state index is 11.3. The summed E-state index contributed by atoms with van der Waals surface area (Å²) in [4.78, 5) is 12.8. The van der Waals surface area contributed by atoms with Crippen LogP contribution in [0.2, 0.25) is 0 Å². The number of carbonyl (C=O) groups excluding carboxylic acids is 1. The van der Waals surface area contributed by atoms with Crippen molar-refractivity contribution in [1.29, 1.82) is 0 Å². The molecule has 0 aliphatic carbocycles. The van der Waals surface area contributed by atoms with Gasteiger partial charge >= 0.3 is 6.03 Å². The smallest absolute Gasteiger partial charge is 0.321 e. The minimum absolute atomic E-state index is 0.136. The number of hydrogen-bond acceptors (Lipinski definition) is 1. The number of amides is 2. The van der Waals surface area contributed by atoms with E-state index in [-0.39, 0.29) is 6.03 Å². The largest absolute Gasteiger partial charge is 0.331 e. The zero-order valence-corrected chi connectivity index (χ0v) is 10.00. The lowest BCUT2D eigenvalue weighted by molar-refractivity contribution is -0.671. The van der Waals surface area contributed by atoms with Gasteiger partial charge in [-0.2, -0.15) is 0 Å². The summed E-state index contributed by atoms with van der Waals surface area (Å²) < 4.78 is 2.80. The van der Waals surface area contributed by atoms with E-state index in [9.17, 15) is 4.79 Å². The van der Waals surface area contributed by atoms with Gasteiger partial charge in [-0.25, -0.2) is 9.36 Å². The van der Waals surface area contributed by atoms with Gasteiger partial charge in [-0.3, -0.25) is 0 Å². The second-order valence-electron chi connectivity index (χ2n) is 3.23. The van der Waals surface area contributed by atoms with Crippen LogP contribution in [-0.2, 0) is 7.05 Å². The molecule has 0 saturated heterocycles. The van der Waals surface area contributed by atoms with Crippen molar-refractivity contribution >= 4 is 27.6 Å². The second-order valence-corrected chi connectivity index (χ2v) is 4.15. The summed E-state index contributed by atoms with van der Waals surface area (Å²) in [7, 11) is 5.30. The fraction of sp³-hybridized carbons (Fsp3) is 0.333. The predicted octanol–water partition coefficient (Wildman–Crippen LogP) is 1.37. The van der Waals surface area contributed by atoms with Crippen LogP contribution in [0.15, 0.2) is 22.9 Å². The molecule has 2 amide bonds. The molecule has 76 valence electrons. The van der Waals surface area contributed by atoms with Crippen LogP contribution in [0.5, 0.6) is 0 Å². The Hall–Kier alpha value is -1.10. The molecule has 0 unspecified atom stereocenters. The fourth-order valence-corrected chi connectivity index (χ4v) is 1.55. The average Bonchev–Trinajstić information content (AvgIpc) is 2.01. The Bertz CT molecular complexity index is 332. The van der Waals surface area contributed by atoms with Crippen molar-refractivity contribution in [2.45, 2.75) is 0 Å². The van der Waals surface area contributed by atoms with Crippen LogP contribution < -0.4 is 9.88 Å². The molecule has 0 bridgehead atoms. The highest BCUT2D eigenvalue weighted by Crippen LogP contribution is 2.12. The van der Waals surface area contributed by atoms with E-state index in [1.54, 1.807) is 14.1 Å². The highest BCUT2D eigenvalue weighted by molar-refractivity contribution is 9.10. The lowest BCUT2D eigenvalue weighted by Crippen LogP contribution is -2.31. The second kappa shape index (κ2) is 4.41. The Morgan fingerprint density at radius 2 is 2.14 bits per heavy atom. The van der Waals surface area contributed by atoms with Crippen molar-refractivity contribution in [3.8, 4) is 0 Å². The summed E-state index contributed by atoms with van der Waals surface area (Å²) >= 11 is 3.35. The number of nitrogens with zero attached hydrogens (tertiary/aromatic N) is 2. The first-order chi connectivity index (χ1) is 6.49. The van der Waals surface area contributed by atoms with Gasteiger partial charge in [0.05, 0.1) is 4.47 Å². The van der Waals surface area contributed by atoms with Crippen molar-refractivity contribution in [2.75, 3.05) is 19.4 Å². The quantitative estimate of drug-likeness (QED) is 0.760. The van der Waals surface area contributed by atoms with E-state index in [4.69, 9.17) is 0 Å². The van der Waals surface area contributed by atoms with Crippen LogP contribution in [0.4, 0.5) is 10.5 Å². The zero-order chi connectivity index (χ0) is 10.7. The standard InChI is InChI=1S/C9H12BrN3O/c1-12(2)9(14)11-8-4-7(10)5-13(3)6-8/h4-6H,1-3H3/p+1. The molecule has 0 aliphatic heterocycles. The van der Waals surface area contributed by atoms with Crippen molar-refractivity contribution < 1.29 is 9.36 Å². The summed E-state index contributed by atoms with van der Waals surface area (Å²) in [5.41, 5.74) is 0.764. The van der Waals surface area contributed by atoms with Gasteiger partial charge in [-0.15, -0.1) is 0 Å². The minimum atomic E-state index is -0.136. The molecule has 1 rings (SSSR count). The minimum Gasteiger partial charge on any atom is -0.331 e. The highest BCUT2D eigenvalue weighted by atomic mass is 79.9. The first-order valence-electron chi connectivity index (χ1n) is 4.13. The molecule has 0 aliphatic rings. The van der Waals surface area contributed by atoms with E-state index < -0.39 is 0 Å². The molecule has 1 N–H and O–H groups in total. The summed E-state index contributed by atoms with van der Waals surface area (Å²) in [6.45, 7) is 0. The molecular weight excluding hydrogens is 246 g/mol. The van der Waals surface area contributed by atoms with Gasteiger partial charge in [0.1, 0.15) is 12.7 Å². The molecule has 0 fully saturated rings. The fourth-order valence-electron chi connectivity index (χ4n) is 0.978. The SMILES string of the molecule is CN(C)C(=O)Nc1cc(Br)c[n+](C)c1. The first-order valence-corrected chi connectivity index (χ1v) is 4.92. The van der Waals surface area contributed by atoms with Gasteiger partial charge in [0.15, 0.2) is 12.4 Å². The molecule has 5 heteroatoms. The zero-order valence-electron chi connectivity index (χ0n) is 8.41. The number of aromatic nitrogens is 1. The van der Waals surface area contributed by atoms with Crippen molar-refractivity contribution in [3.05, 3.63) is 22.9 Å². The Morgan fingerprint density at radius 1 is 1.50 bits per heavy atom. The molecule has 0 aromatic carbocycles. The van der Waals surface area contributed by atoms with E-state index in [1.165, 1.54) is 4.90 Å². The number of halogens is 1. The van der Waals surface area contributed by atoms with E-state index in [1.807, 2.05) is 30.1 Å². The molecule has 0 saturated carbocycles. The molecule has 1 aromatic heterocycles. The van der Waals surface area contributed by atoms with Crippen molar-refractivity contribution in [1.82, 2.24) is 4.90 Å². The third kappa shape index (κ3) is 2.99. The topological polar surface area (TPSA) is 36.2 Å². The van der Waals surface area contributed by atoms with Gasteiger partial charge in [0.2, 0.25) is 0 Å². The van der Waals surface area contributed by atoms with E-state index in [0.717, 1.165) is 10.2 Å². The van der Waals surface area contributed by atoms with Crippen LogP contribution in [0.25, 0.3) is 0 Å². The number of nitrogens with one attached hydrogen (secondary N) is 1. The van der Waals surface area contributed by atoms with Gasteiger partial charge in [0.25, 0.3) is 0 Å². The third-order valence-electron chi connectivity index (χ3n) is 1.62. The molecule has 0 atom stereocenters. The lowest BCUT2D eigenvalue weighted by atomic mass is 10.4. The Kier molecular flexibility index (Phi) is 3.46. The van der Waals surface area contributed by atoms with Crippen LogP contribution in [0.3, 0.4) is 0 Å². The van der Waals surface area contributed by atoms with E-state index in [2.05, 4.69) is 21.2 Å². The Labute approximate surface area is 91.7 Å². The number of pyridine rings is 1. The van der Waals surface area contributed by atoms with Gasteiger partial charge in [-0.1, -0.05) is 0 Å². The molecule has 1 heterocycles. The molecule has 1 aromatic rings. The lowest BCUT2D eigenvalue weighted by Gasteiger charge is -2.10. The number of aryl methyl sites for hydroxylation is 1. The number of rotatable bonds is 1. The van der Waals surface area contributed by atoms with Crippen LogP contribution in [-0.4, -0.2) is 25.0 Å². The monoisotopic (exact) mass is 258 g/mol. The van der Waals surface area contributed by atoms with E-state index >= 15 is 0 Å². The normalized spacial score (nSPS) is 9.71. The highest BCUT2D eigenvalue weighted by Gasteiger charge is 2.07. The molecular formula is C9H13BrN3O+. The number of urea groups is 1. The van der Waals surface area contributed by atoms with Gasteiger partial charge < -0.3 is 10.2 Å². The summed E-state index contributed by atoms with van der Waals surface area (Å²) in [6.07, 6.45) is 3.75. The van der Waals surface area contributed by atoms with Crippen molar-refractivity contribution in [3.63, 3.8) is 0 Å². The molecule has 4 nitrogen and oxygen atoms in total. The number of anilines is 1. The summed E-state index contributed by atoms with van der Waals surface area (Å²) in [6, 6.07) is 1.71. The third-order valence-corrected chi connectivity index (χ3v) is 2.05. The number of hydrogen-bond donors (Lipinski definition) is 1. The summed E-state index contributed by atoms with van der Waals surface area (Å²) in [5.74, 6) is 0. The van der Waals surface area contributed by atoms with Gasteiger partial charge in [-0.05, 0) is 22.0 Å². The van der Waals surface area contributed by atoms with Crippen LogP contribution in [0.1, 0.15) is 0 Å². The van der Waals surface area contributed by atoms with Crippen LogP contribution in [0, 0.1) is 0 Å². The molecule has 0 radical (unpaired) electrons. The van der Waals surface area contributed by atoms with E-state index in [0.29, 0.717) is 0 Å².